The summed E-state index contributed by atoms with van der Waals surface area (Å²) in [6.45, 7) is 0.718. The molecule has 3 amide bonds. The smallest absolute Gasteiger partial charge is 0.421 e. The Morgan fingerprint density at radius 2 is 1.49 bits per heavy atom. The number of esters is 1. The number of fused-ring (bicyclic) bond motifs is 3. The standard InChI is InChI=1S/C57H49N7O9/c65-44-26-22-42(23-27-44)51-57(45-35-38(18-17-37-11-4-1-5-12-37)21-28-46(45)62(54(57)68)56(69)72-36-39-19-24-43(25-20-39)64(70)71)47(52(66)60-31-33-61(34-32-60)55-58-29-10-30-59-55)49-53(67)73-50(41-15-8-3-9-16-41)48(63(49)51)40-13-6-2-7-14-40/h2-3,6-11,13-16,19-30,35,47-51,65H,1,4-5,12,31-34,36H2. The molecule has 11 rings (SSSR count). The van der Waals surface area contributed by atoms with Crippen LogP contribution in [0.3, 0.4) is 0 Å². The van der Waals surface area contributed by atoms with Crippen molar-refractivity contribution >= 4 is 41.2 Å². The number of benzene rings is 5. The second-order valence-electron chi connectivity index (χ2n) is 18.8. The van der Waals surface area contributed by atoms with Crippen molar-refractivity contribution in [3.8, 4) is 17.6 Å². The molecule has 4 aliphatic heterocycles. The van der Waals surface area contributed by atoms with E-state index >= 15 is 14.4 Å². The first-order chi connectivity index (χ1) is 35.6. The molecule has 16 nitrogen and oxygen atoms in total. The van der Waals surface area contributed by atoms with E-state index in [2.05, 4.69) is 27.9 Å². The number of imide groups is 1. The third kappa shape index (κ3) is 8.40. The number of hydrogen-bond donors (Lipinski definition) is 1. The van der Waals surface area contributed by atoms with Crippen LogP contribution < -0.4 is 9.80 Å². The van der Waals surface area contributed by atoms with Crippen LogP contribution in [-0.2, 0) is 35.9 Å². The van der Waals surface area contributed by atoms with Gasteiger partial charge in [-0.25, -0.2) is 19.7 Å². The van der Waals surface area contributed by atoms with Crippen LogP contribution in [0.2, 0.25) is 0 Å². The highest BCUT2D eigenvalue weighted by atomic mass is 16.6. The number of aromatic nitrogens is 2. The number of piperazine rings is 1. The molecular formula is C57H49N7O9. The number of cyclic esters (lactones) is 1. The maximum absolute atomic E-state index is 16.7. The second-order valence-corrected chi connectivity index (χ2v) is 18.8. The van der Waals surface area contributed by atoms with Gasteiger partial charge in [-0.1, -0.05) is 90.7 Å². The molecule has 0 saturated carbocycles. The predicted molar refractivity (Wildman–Crippen MR) is 268 cm³/mol. The molecule has 16 heteroatoms. The minimum atomic E-state index is -2.07. The summed E-state index contributed by atoms with van der Waals surface area (Å²) in [5, 5.41) is 22.3. The summed E-state index contributed by atoms with van der Waals surface area (Å²) in [5.41, 5.74) is 2.03. The number of non-ortho nitro benzene ring substituents is 1. The van der Waals surface area contributed by atoms with Gasteiger partial charge in [-0.2, -0.15) is 0 Å². The SMILES string of the molecule is O=C1OC(c2ccccc2)C(c2ccccc2)N2C1C(C(=O)N1CCN(c3ncccn3)CC1)C1(C(=O)N(C(=O)OCc3ccc([N+](=O)[O-])cc3)c3ccc(C#CC4=CCCCC4)cc31)C2c1ccc(O)cc1. The molecule has 366 valence electrons. The Kier molecular flexibility index (Phi) is 12.5. The van der Waals surface area contributed by atoms with Crippen molar-refractivity contribution in [2.45, 2.75) is 61.9 Å². The first kappa shape index (κ1) is 46.7. The number of carbonyl (C=O) groups is 4. The minimum absolute atomic E-state index is 0.0516. The highest BCUT2D eigenvalue weighted by Gasteiger charge is 2.76. The van der Waals surface area contributed by atoms with Crippen LogP contribution in [0.1, 0.15) is 77.3 Å². The molecule has 5 aromatic carbocycles. The van der Waals surface area contributed by atoms with Crippen molar-refractivity contribution in [2.75, 3.05) is 36.0 Å². The lowest BCUT2D eigenvalue weighted by molar-refractivity contribution is -0.384. The molecule has 1 aromatic heterocycles. The van der Waals surface area contributed by atoms with Crippen molar-refractivity contribution in [3.05, 3.63) is 201 Å². The van der Waals surface area contributed by atoms with E-state index in [-0.39, 0.29) is 42.4 Å². The number of allylic oxidation sites excluding steroid dienone is 2. The quantitative estimate of drug-likeness (QED) is 0.0665. The highest BCUT2D eigenvalue weighted by Crippen LogP contribution is 2.66. The van der Waals surface area contributed by atoms with Crippen LogP contribution in [0.15, 0.2) is 158 Å². The third-order valence-corrected chi connectivity index (χ3v) is 14.7. The van der Waals surface area contributed by atoms with Gasteiger partial charge in [-0.3, -0.25) is 29.4 Å². The first-order valence-electron chi connectivity index (χ1n) is 24.4. The monoisotopic (exact) mass is 975 g/mol. The lowest BCUT2D eigenvalue weighted by Gasteiger charge is -2.46. The average Bonchev–Trinajstić information content (AvgIpc) is 3.89. The van der Waals surface area contributed by atoms with Crippen LogP contribution in [0.4, 0.5) is 22.1 Å². The number of nitro benzene ring substituents is 1. The Bertz CT molecular complexity index is 3190. The topological polar surface area (TPSA) is 189 Å². The van der Waals surface area contributed by atoms with E-state index in [1.807, 2.05) is 70.5 Å². The van der Waals surface area contributed by atoms with Gasteiger partial charge < -0.3 is 24.4 Å². The van der Waals surface area contributed by atoms with Crippen LogP contribution in [0, 0.1) is 27.9 Å². The summed E-state index contributed by atoms with van der Waals surface area (Å²) in [4.78, 5) is 89.8. The Morgan fingerprint density at radius 1 is 0.795 bits per heavy atom. The van der Waals surface area contributed by atoms with Gasteiger partial charge in [0, 0.05) is 56.3 Å². The lowest BCUT2D eigenvalue weighted by Crippen LogP contribution is -2.59. The molecule has 6 unspecified atom stereocenters. The molecule has 6 aromatic rings. The number of ether oxygens (including phenoxy) is 2. The Labute approximate surface area is 420 Å². The van der Waals surface area contributed by atoms with Crippen LogP contribution in [0.25, 0.3) is 0 Å². The molecule has 1 spiro atoms. The summed E-state index contributed by atoms with van der Waals surface area (Å²) in [5.74, 6) is 3.55. The summed E-state index contributed by atoms with van der Waals surface area (Å²) < 4.78 is 12.6. The summed E-state index contributed by atoms with van der Waals surface area (Å²) in [6, 6.07) is 34.2. The number of rotatable bonds is 8. The van der Waals surface area contributed by atoms with Gasteiger partial charge in [0.2, 0.25) is 17.8 Å². The molecule has 0 bridgehead atoms. The van der Waals surface area contributed by atoms with Crippen molar-refractivity contribution in [3.63, 3.8) is 0 Å². The molecule has 0 radical (unpaired) electrons. The van der Waals surface area contributed by atoms with E-state index in [0.717, 1.165) is 41.7 Å². The summed E-state index contributed by atoms with van der Waals surface area (Å²) >= 11 is 0. The molecule has 3 fully saturated rings. The van der Waals surface area contributed by atoms with Crippen molar-refractivity contribution in [1.82, 2.24) is 19.8 Å². The number of hydrogen-bond acceptors (Lipinski definition) is 13. The molecule has 1 aliphatic carbocycles. The number of aromatic hydroxyl groups is 1. The maximum atomic E-state index is 16.7. The van der Waals surface area contributed by atoms with Gasteiger partial charge in [0.05, 0.1) is 28.6 Å². The number of amides is 3. The molecule has 5 aliphatic rings. The highest BCUT2D eigenvalue weighted by molar-refractivity contribution is 6.23. The second kappa shape index (κ2) is 19.5. The Balaban J connectivity index is 1.13. The fourth-order valence-corrected chi connectivity index (χ4v) is 11.4. The molecule has 73 heavy (non-hydrogen) atoms. The van der Waals surface area contributed by atoms with E-state index in [9.17, 15) is 20.0 Å². The van der Waals surface area contributed by atoms with E-state index in [1.54, 1.807) is 53.7 Å². The van der Waals surface area contributed by atoms with E-state index in [4.69, 9.17) is 9.47 Å². The van der Waals surface area contributed by atoms with Crippen molar-refractivity contribution in [2.24, 2.45) is 5.92 Å². The van der Waals surface area contributed by atoms with Gasteiger partial charge in [0.15, 0.2) is 0 Å². The first-order valence-corrected chi connectivity index (χ1v) is 24.4. The Hall–Kier alpha value is -8.68. The fourth-order valence-electron chi connectivity index (χ4n) is 11.4. The van der Waals surface area contributed by atoms with Crippen molar-refractivity contribution < 1.29 is 38.7 Å². The molecule has 5 heterocycles. The predicted octanol–water partition coefficient (Wildman–Crippen LogP) is 8.29. The van der Waals surface area contributed by atoms with E-state index in [1.165, 1.54) is 36.4 Å². The Morgan fingerprint density at radius 3 is 2.16 bits per heavy atom. The maximum Gasteiger partial charge on any atom is 0.421 e. The van der Waals surface area contributed by atoms with Gasteiger partial charge in [-0.15, -0.1) is 0 Å². The average molecular weight is 976 g/mol. The molecular weight excluding hydrogens is 927 g/mol. The van der Waals surface area contributed by atoms with Gasteiger partial charge >= 0.3 is 12.1 Å². The molecule has 1 N–H and O–H groups in total. The number of anilines is 2. The van der Waals surface area contributed by atoms with Crippen LogP contribution >= 0.6 is 0 Å². The number of carbonyl (C=O) groups excluding carboxylic acids is 4. The molecule has 6 atom stereocenters. The third-order valence-electron chi connectivity index (χ3n) is 14.7. The summed E-state index contributed by atoms with van der Waals surface area (Å²) in [7, 11) is 0. The zero-order chi connectivity index (χ0) is 50.2. The number of morpholine rings is 1. The number of nitro groups is 1. The zero-order valence-corrected chi connectivity index (χ0v) is 39.5. The summed E-state index contributed by atoms with van der Waals surface area (Å²) in [6.07, 6.45) is 7.24. The normalized spacial score (nSPS) is 23.4. The lowest BCUT2D eigenvalue weighted by atomic mass is 9.65. The van der Waals surface area contributed by atoms with Crippen LogP contribution in [-0.4, -0.2) is 85.9 Å². The van der Waals surface area contributed by atoms with Crippen LogP contribution in [0.5, 0.6) is 5.75 Å². The number of phenols is 1. The van der Waals surface area contributed by atoms with Gasteiger partial charge in [0.25, 0.3) is 5.69 Å². The zero-order valence-electron chi connectivity index (χ0n) is 39.5. The van der Waals surface area contributed by atoms with Crippen molar-refractivity contribution in [1.29, 1.82) is 0 Å². The number of nitrogens with zero attached hydrogens (tertiary/aromatic N) is 7. The fraction of sp³-hybridized carbons (Fsp3) is 0.263. The molecule has 3 saturated heterocycles. The number of phenolic OH excluding ortho intramolecular Hbond substituents is 1. The van der Waals surface area contributed by atoms with Gasteiger partial charge in [0.1, 0.15) is 29.9 Å². The van der Waals surface area contributed by atoms with E-state index in [0.29, 0.717) is 41.3 Å². The minimum Gasteiger partial charge on any atom is -0.508 e. The van der Waals surface area contributed by atoms with Gasteiger partial charge in [-0.05, 0) is 108 Å². The largest absolute Gasteiger partial charge is 0.508 e. The van der Waals surface area contributed by atoms with E-state index < -0.39 is 64.4 Å².